The molecule has 2 amide bonds. The van der Waals surface area contributed by atoms with Crippen LogP contribution in [0.3, 0.4) is 0 Å². The fraction of sp³-hybridized carbons (Fsp3) is 0.483. The van der Waals surface area contributed by atoms with Gasteiger partial charge in [0.1, 0.15) is 16.9 Å². The number of halogens is 1. The molecule has 0 aliphatic heterocycles. The zero-order chi connectivity index (χ0) is 28.6. The number of hydrogen-bond donors (Lipinski definition) is 1. The second-order valence-corrected chi connectivity index (χ2v) is 9.69. The van der Waals surface area contributed by atoms with Gasteiger partial charge in [-0.25, -0.2) is 9.59 Å². The summed E-state index contributed by atoms with van der Waals surface area (Å²) in [4.78, 5) is 40.0. The number of amides is 2. The van der Waals surface area contributed by atoms with Crippen molar-refractivity contribution in [3.05, 3.63) is 58.1 Å². The Morgan fingerprint density at radius 3 is 2.33 bits per heavy atom. The highest BCUT2D eigenvalue weighted by Crippen LogP contribution is 2.43. The van der Waals surface area contributed by atoms with E-state index < -0.39 is 23.6 Å². The molecule has 0 radical (unpaired) electrons. The molecule has 1 unspecified atom stereocenters. The van der Waals surface area contributed by atoms with Crippen molar-refractivity contribution in [2.45, 2.75) is 58.7 Å². The standard InChI is InChI=1S/C29H37ClN2O7/c1-6-38-23-17-22(25(30)26(39-7-2)24(23)20(4)33)19(3)32(15-16-37-18-21-11-9-8-10-12-21)28(35)31-29(13-14-29)27(34)36-5/h8-12,17,19H,6-7,13-16,18H2,1-5H3,(H,31,35). The second kappa shape index (κ2) is 13.7. The lowest BCUT2D eigenvalue weighted by Gasteiger charge is -2.32. The van der Waals surface area contributed by atoms with Crippen LogP contribution in [-0.4, -0.2) is 61.7 Å². The van der Waals surface area contributed by atoms with Crippen molar-refractivity contribution in [2.75, 3.05) is 33.5 Å². The van der Waals surface area contributed by atoms with Crippen LogP contribution in [-0.2, 0) is 20.9 Å². The number of benzene rings is 2. The van der Waals surface area contributed by atoms with E-state index >= 15 is 0 Å². The van der Waals surface area contributed by atoms with Crippen LogP contribution in [0.15, 0.2) is 36.4 Å². The number of carbonyl (C=O) groups excluding carboxylic acids is 3. The van der Waals surface area contributed by atoms with E-state index in [2.05, 4.69) is 5.32 Å². The molecular weight excluding hydrogens is 524 g/mol. The summed E-state index contributed by atoms with van der Waals surface area (Å²) in [6.45, 7) is 8.26. The molecule has 0 bridgehead atoms. The third kappa shape index (κ3) is 7.22. The molecule has 1 atom stereocenters. The van der Waals surface area contributed by atoms with Crippen LogP contribution in [0.4, 0.5) is 4.79 Å². The number of methoxy groups -OCH3 is 1. The summed E-state index contributed by atoms with van der Waals surface area (Å²) in [5, 5.41) is 3.07. The molecular formula is C29H37ClN2O7. The van der Waals surface area contributed by atoms with Gasteiger partial charge in [0.25, 0.3) is 0 Å². The molecule has 212 valence electrons. The fourth-order valence-electron chi connectivity index (χ4n) is 4.36. The Kier molecular flexibility index (Phi) is 10.6. The normalized spacial score (nSPS) is 14.2. The van der Waals surface area contributed by atoms with Gasteiger partial charge >= 0.3 is 12.0 Å². The molecule has 1 fully saturated rings. The average molecular weight is 561 g/mol. The topological polar surface area (TPSA) is 103 Å². The van der Waals surface area contributed by atoms with Gasteiger partial charge < -0.3 is 29.2 Å². The van der Waals surface area contributed by atoms with Crippen LogP contribution in [0, 0.1) is 0 Å². The Bertz CT molecular complexity index is 1170. The SMILES string of the molecule is CCOc1cc(C(C)N(CCOCc2ccccc2)C(=O)NC2(C(=O)OC)CC2)c(Cl)c(OCC)c1C(C)=O. The number of nitrogens with one attached hydrogen (secondary N) is 1. The van der Waals surface area contributed by atoms with E-state index in [1.54, 1.807) is 17.9 Å². The first-order valence-electron chi connectivity index (χ1n) is 13.1. The predicted molar refractivity (Wildman–Crippen MR) is 148 cm³/mol. The second-order valence-electron chi connectivity index (χ2n) is 9.32. The number of rotatable bonds is 14. The molecule has 0 heterocycles. The highest BCUT2D eigenvalue weighted by Gasteiger charge is 2.53. The third-order valence-electron chi connectivity index (χ3n) is 6.59. The molecule has 1 aliphatic rings. The summed E-state index contributed by atoms with van der Waals surface area (Å²) in [6, 6.07) is 10.3. The first kappa shape index (κ1) is 30.2. The Morgan fingerprint density at radius 1 is 1.10 bits per heavy atom. The lowest BCUT2D eigenvalue weighted by atomic mass is 10.00. The molecule has 1 aliphatic carbocycles. The summed E-state index contributed by atoms with van der Waals surface area (Å²) >= 11 is 6.82. The zero-order valence-corrected chi connectivity index (χ0v) is 23.9. The molecule has 0 saturated heterocycles. The van der Waals surface area contributed by atoms with E-state index in [-0.39, 0.29) is 41.9 Å². The summed E-state index contributed by atoms with van der Waals surface area (Å²) in [5.41, 5.74) is 0.762. The van der Waals surface area contributed by atoms with Crippen molar-refractivity contribution in [3.8, 4) is 11.5 Å². The van der Waals surface area contributed by atoms with Crippen LogP contribution < -0.4 is 14.8 Å². The van der Waals surface area contributed by atoms with Crippen molar-refractivity contribution in [3.63, 3.8) is 0 Å². The molecule has 0 aromatic heterocycles. The first-order valence-corrected chi connectivity index (χ1v) is 13.5. The third-order valence-corrected chi connectivity index (χ3v) is 6.98. The van der Waals surface area contributed by atoms with Gasteiger partial charge in [-0.05, 0) is 52.2 Å². The van der Waals surface area contributed by atoms with Gasteiger partial charge in [0.05, 0.1) is 44.6 Å². The van der Waals surface area contributed by atoms with Crippen molar-refractivity contribution >= 4 is 29.4 Å². The Labute approximate surface area is 234 Å². The number of Topliss-reactive ketones (excluding diaryl/α,β-unsaturated/α-hetero) is 1. The van der Waals surface area contributed by atoms with Crippen LogP contribution in [0.25, 0.3) is 0 Å². The van der Waals surface area contributed by atoms with E-state index in [0.29, 0.717) is 37.4 Å². The smallest absolute Gasteiger partial charge is 0.331 e. The average Bonchev–Trinajstić information content (AvgIpc) is 3.70. The van der Waals surface area contributed by atoms with Crippen molar-refractivity contribution in [1.29, 1.82) is 0 Å². The lowest BCUT2D eigenvalue weighted by molar-refractivity contribution is -0.144. The van der Waals surface area contributed by atoms with Gasteiger partial charge in [-0.3, -0.25) is 4.79 Å². The first-order chi connectivity index (χ1) is 18.7. The minimum Gasteiger partial charge on any atom is -0.493 e. The number of esters is 1. The van der Waals surface area contributed by atoms with Gasteiger partial charge in [0, 0.05) is 12.1 Å². The molecule has 2 aromatic carbocycles. The summed E-state index contributed by atoms with van der Waals surface area (Å²) < 4.78 is 22.4. The maximum absolute atomic E-state index is 13.6. The van der Waals surface area contributed by atoms with Gasteiger partial charge in [-0.2, -0.15) is 0 Å². The quantitative estimate of drug-likeness (QED) is 0.189. The number of carbonyl (C=O) groups is 3. The maximum Gasteiger partial charge on any atom is 0.331 e. The fourth-order valence-corrected chi connectivity index (χ4v) is 4.72. The van der Waals surface area contributed by atoms with Crippen LogP contribution in [0.2, 0.25) is 5.02 Å². The minimum atomic E-state index is -1.04. The Balaban J connectivity index is 1.93. The summed E-state index contributed by atoms with van der Waals surface area (Å²) in [7, 11) is 1.30. The number of ether oxygens (including phenoxy) is 4. The van der Waals surface area contributed by atoms with Crippen molar-refractivity contribution in [2.24, 2.45) is 0 Å². The Morgan fingerprint density at radius 2 is 1.77 bits per heavy atom. The molecule has 0 spiro atoms. The highest BCUT2D eigenvalue weighted by molar-refractivity contribution is 6.33. The van der Waals surface area contributed by atoms with E-state index in [9.17, 15) is 14.4 Å². The Hall–Kier alpha value is -3.30. The monoisotopic (exact) mass is 560 g/mol. The van der Waals surface area contributed by atoms with E-state index in [1.807, 2.05) is 44.2 Å². The van der Waals surface area contributed by atoms with E-state index in [1.165, 1.54) is 14.0 Å². The van der Waals surface area contributed by atoms with Gasteiger partial charge in [-0.15, -0.1) is 0 Å². The van der Waals surface area contributed by atoms with E-state index in [4.69, 9.17) is 30.5 Å². The predicted octanol–water partition coefficient (Wildman–Crippen LogP) is 5.34. The van der Waals surface area contributed by atoms with Gasteiger partial charge in [-0.1, -0.05) is 41.9 Å². The zero-order valence-electron chi connectivity index (χ0n) is 23.2. The number of hydrogen-bond acceptors (Lipinski definition) is 7. The molecule has 3 rings (SSSR count). The summed E-state index contributed by atoms with van der Waals surface area (Å²) in [5.74, 6) is -0.187. The lowest BCUT2D eigenvalue weighted by Crippen LogP contribution is -2.51. The molecule has 1 N–H and O–H groups in total. The van der Waals surface area contributed by atoms with Crippen molar-refractivity contribution < 1.29 is 33.3 Å². The maximum atomic E-state index is 13.6. The molecule has 2 aromatic rings. The number of ketones is 1. The van der Waals surface area contributed by atoms with Crippen molar-refractivity contribution in [1.82, 2.24) is 10.2 Å². The van der Waals surface area contributed by atoms with Gasteiger partial charge in [0.2, 0.25) is 0 Å². The van der Waals surface area contributed by atoms with Gasteiger partial charge in [0.15, 0.2) is 11.5 Å². The largest absolute Gasteiger partial charge is 0.493 e. The minimum absolute atomic E-state index is 0.204. The molecule has 39 heavy (non-hydrogen) atoms. The van der Waals surface area contributed by atoms with Crippen LogP contribution in [0.1, 0.15) is 68.1 Å². The number of nitrogens with zero attached hydrogens (tertiary/aromatic N) is 1. The molecule has 1 saturated carbocycles. The van der Waals surface area contributed by atoms with E-state index in [0.717, 1.165) is 5.56 Å². The van der Waals surface area contributed by atoms with Crippen LogP contribution >= 0.6 is 11.6 Å². The highest BCUT2D eigenvalue weighted by atomic mass is 35.5. The van der Waals surface area contributed by atoms with Crippen LogP contribution in [0.5, 0.6) is 11.5 Å². The number of urea groups is 1. The molecule has 10 heteroatoms. The molecule has 9 nitrogen and oxygen atoms in total. The summed E-state index contributed by atoms with van der Waals surface area (Å²) in [6.07, 6.45) is 0.990.